The molecule has 2 amide bonds. The monoisotopic (exact) mass is 591 g/mol. The fraction of sp³-hybridized carbons (Fsp3) is 0.185. The molecule has 3 aromatic rings. The highest BCUT2D eigenvalue weighted by Gasteiger charge is 2.35. The predicted octanol–water partition coefficient (Wildman–Crippen LogP) is 7.59. The average molecular weight is 593 g/mol. The van der Waals surface area contributed by atoms with Crippen LogP contribution in [0.4, 0.5) is 4.79 Å². The fourth-order valence-corrected chi connectivity index (χ4v) is 5.35. The normalized spacial score (nSPS) is 15.5. The molecule has 2 aliphatic heterocycles. The lowest BCUT2D eigenvalue weighted by Gasteiger charge is -2.14. The van der Waals surface area contributed by atoms with Crippen molar-refractivity contribution in [2.75, 3.05) is 13.4 Å². The lowest BCUT2D eigenvalue weighted by Crippen LogP contribution is -2.27. The van der Waals surface area contributed by atoms with Gasteiger partial charge in [-0.3, -0.25) is 14.5 Å². The van der Waals surface area contributed by atoms with E-state index in [9.17, 15) is 9.59 Å². The number of hydrogen-bond donors (Lipinski definition) is 0. The molecule has 0 unspecified atom stereocenters. The number of hydrogen-bond acceptors (Lipinski definition) is 7. The Kier molecular flexibility index (Phi) is 7.95. The van der Waals surface area contributed by atoms with Gasteiger partial charge in [-0.2, -0.15) is 0 Å². The van der Waals surface area contributed by atoms with Gasteiger partial charge in [-0.15, -0.1) is 0 Å². The molecule has 196 valence electrons. The molecule has 2 aliphatic rings. The first-order valence-corrected chi connectivity index (χ1v) is 13.4. The topological polar surface area (TPSA) is 74.3 Å². The molecular formula is C27H20Cl3NO6S. The molecule has 1 fully saturated rings. The third-order valence-corrected chi connectivity index (χ3v) is 7.55. The van der Waals surface area contributed by atoms with Gasteiger partial charge in [0, 0.05) is 26.7 Å². The molecule has 0 atom stereocenters. The summed E-state index contributed by atoms with van der Waals surface area (Å²) in [5.41, 5.74) is 2.04. The van der Waals surface area contributed by atoms with E-state index in [1.165, 1.54) is 0 Å². The maximum absolute atomic E-state index is 13.1. The number of nitrogens with zero attached hydrogens (tertiary/aromatic N) is 1. The van der Waals surface area contributed by atoms with Crippen molar-refractivity contribution in [1.82, 2.24) is 4.90 Å². The summed E-state index contributed by atoms with van der Waals surface area (Å²) in [4.78, 5) is 27.2. The second-order valence-electron chi connectivity index (χ2n) is 8.23. The number of carbonyl (C=O) groups excluding carboxylic acids is 2. The van der Waals surface area contributed by atoms with Crippen LogP contribution in [0.15, 0.2) is 53.4 Å². The summed E-state index contributed by atoms with van der Waals surface area (Å²) < 4.78 is 22.4. The summed E-state index contributed by atoms with van der Waals surface area (Å²) in [6.45, 7) is 2.60. The highest BCUT2D eigenvalue weighted by Crippen LogP contribution is 2.40. The van der Waals surface area contributed by atoms with E-state index < -0.39 is 5.91 Å². The van der Waals surface area contributed by atoms with Crippen LogP contribution in [-0.4, -0.2) is 29.4 Å². The summed E-state index contributed by atoms with van der Waals surface area (Å²) in [6, 6.07) is 13.8. The molecule has 1 saturated heterocycles. The van der Waals surface area contributed by atoms with Crippen LogP contribution in [-0.2, 0) is 17.9 Å². The molecular weight excluding hydrogens is 573 g/mol. The van der Waals surface area contributed by atoms with Crippen LogP contribution < -0.4 is 18.9 Å². The minimum Gasteiger partial charge on any atom is -0.490 e. The first-order valence-electron chi connectivity index (χ1n) is 11.5. The first kappa shape index (κ1) is 26.6. The Hall–Kier alpha value is -3.04. The van der Waals surface area contributed by atoms with E-state index in [1.54, 1.807) is 54.6 Å². The zero-order valence-corrected chi connectivity index (χ0v) is 23.0. The van der Waals surface area contributed by atoms with Crippen LogP contribution in [0.5, 0.6) is 23.0 Å². The Bertz CT molecular complexity index is 1460. The second-order valence-corrected chi connectivity index (χ2v) is 10.5. The molecule has 3 aromatic carbocycles. The number of rotatable bonds is 8. The summed E-state index contributed by atoms with van der Waals surface area (Å²) in [5.74, 6) is 1.65. The number of thioether (sulfide) groups is 1. The molecule has 0 saturated carbocycles. The van der Waals surface area contributed by atoms with Gasteiger partial charge in [-0.1, -0.05) is 46.9 Å². The van der Waals surface area contributed by atoms with Crippen LogP contribution in [0.1, 0.15) is 23.6 Å². The lowest BCUT2D eigenvalue weighted by atomic mass is 10.1. The van der Waals surface area contributed by atoms with Crippen LogP contribution in [0.2, 0.25) is 15.1 Å². The largest absolute Gasteiger partial charge is 0.490 e. The number of benzene rings is 3. The molecule has 0 aliphatic carbocycles. The average Bonchev–Trinajstić information content (AvgIpc) is 3.43. The number of carbonyl (C=O) groups is 2. The van der Waals surface area contributed by atoms with Crippen LogP contribution >= 0.6 is 46.6 Å². The summed E-state index contributed by atoms with van der Waals surface area (Å²) in [7, 11) is 0. The van der Waals surface area contributed by atoms with E-state index in [0.29, 0.717) is 55.8 Å². The molecule has 0 aromatic heterocycles. The standard InChI is InChI=1S/C27H20Cl3NO6S/c1-2-34-22-7-15(3-6-21(22)35-13-16-4-5-18(28)10-19(16)29)8-25-26(32)31(27(33)38-25)12-17-9-23-24(11-20(17)30)37-14-36-23/h3-11H,2,12-14H2,1H3/b25-8+. The van der Waals surface area contributed by atoms with E-state index in [2.05, 4.69) is 0 Å². The highest BCUT2D eigenvalue weighted by molar-refractivity contribution is 8.18. The second kappa shape index (κ2) is 11.4. The van der Waals surface area contributed by atoms with Gasteiger partial charge < -0.3 is 18.9 Å². The van der Waals surface area contributed by atoms with Crippen molar-refractivity contribution < 1.29 is 28.5 Å². The van der Waals surface area contributed by atoms with Crippen molar-refractivity contribution in [2.45, 2.75) is 20.1 Å². The van der Waals surface area contributed by atoms with Gasteiger partial charge in [0.05, 0.1) is 18.1 Å². The molecule has 5 rings (SSSR count). The van der Waals surface area contributed by atoms with Gasteiger partial charge in [0.2, 0.25) is 6.79 Å². The Morgan fingerprint density at radius 2 is 1.68 bits per heavy atom. The maximum atomic E-state index is 13.1. The Labute approximate surface area is 238 Å². The third-order valence-electron chi connectivity index (χ3n) is 5.71. The Balaban J connectivity index is 1.32. The van der Waals surface area contributed by atoms with Gasteiger partial charge in [0.25, 0.3) is 11.1 Å². The van der Waals surface area contributed by atoms with Crippen molar-refractivity contribution in [3.8, 4) is 23.0 Å². The zero-order valence-electron chi connectivity index (χ0n) is 20.0. The molecule has 0 radical (unpaired) electrons. The van der Waals surface area contributed by atoms with E-state index in [0.717, 1.165) is 22.2 Å². The molecule has 38 heavy (non-hydrogen) atoms. The van der Waals surface area contributed by atoms with Crippen LogP contribution in [0.25, 0.3) is 6.08 Å². The minimum absolute atomic E-state index is 0.0156. The Morgan fingerprint density at radius 3 is 2.45 bits per heavy atom. The quantitative estimate of drug-likeness (QED) is 0.250. The van der Waals surface area contributed by atoms with E-state index >= 15 is 0 Å². The van der Waals surface area contributed by atoms with Gasteiger partial charge in [0.15, 0.2) is 23.0 Å². The zero-order chi connectivity index (χ0) is 26.8. The first-order chi connectivity index (χ1) is 18.3. The molecule has 7 nitrogen and oxygen atoms in total. The maximum Gasteiger partial charge on any atom is 0.293 e. The van der Waals surface area contributed by atoms with E-state index in [1.807, 2.05) is 6.92 Å². The minimum atomic E-state index is -0.413. The highest BCUT2D eigenvalue weighted by atomic mass is 35.5. The van der Waals surface area contributed by atoms with Crippen molar-refractivity contribution in [2.24, 2.45) is 0 Å². The van der Waals surface area contributed by atoms with Crippen molar-refractivity contribution >= 4 is 63.8 Å². The predicted molar refractivity (Wildman–Crippen MR) is 147 cm³/mol. The van der Waals surface area contributed by atoms with E-state index in [-0.39, 0.29) is 30.1 Å². The van der Waals surface area contributed by atoms with Gasteiger partial charge >= 0.3 is 0 Å². The molecule has 0 spiro atoms. The van der Waals surface area contributed by atoms with E-state index in [4.69, 9.17) is 53.8 Å². The van der Waals surface area contributed by atoms with Gasteiger partial charge in [-0.25, -0.2) is 0 Å². The number of halogens is 3. The van der Waals surface area contributed by atoms with Gasteiger partial charge in [-0.05, 0) is 66.2 Å². The van der Waals surface area contributed by atoms with Crippen molar-refractivity contribution in [3.63, 3.8) is 0 Å². The molecule has 2 heterocycles. The van der Waals surface area contributed by atoms with Gasteiger partial charge in [0.1, 0.15) is 6.61 Å². The Morgan fingerprint density at radius 1 is 0.921 bits per heavy atom. The van der Waals surface area contributed by atoms with Crippen LogP contribution in [0, 0.1) is 0 Å². The number of amides is 2. The lowest BCUT2D eigenvalue weighted by molar-refractivity contribution is -0.123. The fourth-order valence-electron chi connectivity index (χ4n) is 3.83. The number of ether oxygens (including phenoxy) is 4. The van der Waals surface area contributed by atoms with Crippen LogP contribution in [0.3, 0.4) is 0 Å². The SMILES string of the molecule is CCOc1cc(/C=C2/SC(=O)N(Cc3cc4c(cc3Cl)OCO4)C2=O)ccc1OCc1ccc(Cl)cc1Cl. The summed E-state index contributed by atoms with van der Waals surface area (Å²) in [6.07, 6.45) is 1.65. The molecule has 0 N–H and O–H groups in total. The third kappa shape index (κ3) is 5.68. The molecule has 0 bridgehead atoms. The number of fused-ring (bicyclic) bond motifs is 1. The summed E-state index contributed by atoms with van der Waals surface area (Å²) >= 11 is 19.4. The summed E-state index contributed by atoms with van der Waals surface area (Å²) in [5, 5.41) is 1.04. The number of imide groups is 1. The van der Waals surface area contributed by atoms with Crippen molar-refractivity contribution in [3.05, 3.63) is 85.2 Å². The smallest absolute Gasteiger partial charge is 0.293 e. The van der Waals surface area contributed by atoms with Crippen molar-refractivity contribution in [1.29, 1.82) is 0 Å². The molecule has 11 heteroatoms.